The first-order valence-corrected chi connectivity index (χ1v) is 8.66. The highest BCUT2D eigenvalue weighted by Crippen LogP contribution is 2.25. The van der Waals surface area contributed by atoms with Gasteiger partial charge in [0.25, 0.3) is 0 Å². The second-order valence-corrected chi connectivity index (χ2v) is 9.14. The van der Waals surface area contributed by atoms with Crippen LogP contribution in [0.1, 0.15) is 26.7 Å². The van der Waals surface area contributed by atoms with E-state index in [1.807, 2.05) is 13.8 Å². The number of nitrogens with one attached hydrogen (secondary N) is 1. The van der Waals surface area contributed by atoms with Gasteiger partial charge in [-0.2, -0.15) is 4.31 Å². The molecule has 1 atom stereocenters. The Morgan fingerprint density at radius 3 is 2.74 bits per heavy atom. The van der Waals surface area contributed by atoms with E-state index in [1.165, 1.54) is 6.42 Å². The first kappa shape index (κ1) is 15.2. The molecule has 2 rings (SSSR count). The fraction of sp³-hybridized carbons (Fsp3) is 1.00. The smallest absolute Gasteiger partial charge is 0.220 e. The Hall–Kier alpha value is -0.170. The van der Waals surface area contributed by atoms with Crippen molar-refractivity contribution in [2.24, 2.45) is 5.92 Å². The van der Waals surface area contributed by atoms with Gasteiger partial charge in [-0.1, -0.05) is 0 Å². The van der Waals surface area contributed by atoms with Crippen LogP contribution in [0.4, 0.5) is 0 Å². The lowest BCUT2D eigenvalue weighted by atomic mass is 9.98. The molecule has 0 saturated carbocycles. The standard InChI is InChI=1S/C13H27N3O2S/c1-13(2)11-14-6-8-16(19(13,17)18)10-12-5-4-7-15(3)9-12/h12,14H,4-11H2,1-3H3. The average Bonchev–Trinajstić information content (AvgIpc) is 2.40. The minimum absolute atomic E-state index is 0.474. The summed E-state index contributed by atoms with van der Waals surface area (Å²) in [6.07, 6.45) is 2.32. The third kappa shape index (κ3) is 3.29. The van der Waals surface area contributed by atoms with E-state index in [0.717, 1.165) is 26.1 Å². The second kappa shape index (κ2) is 5.68. The predicted octanol–water partition coefficient (Wildman–Crippen LogP) is 0.342. The van der Waals surface area contributed by atoms with Crippen LogP contribution in [0, 0.1) is 5.92 Å². The van der Waals surface area contributed by atoms with E-state index >= 15 is 0 Å². The number of likely N-dealkylation sites (tertiary alicyclic amines) is 1. The SMILES string of the molecule is CN1CCCC(CN2CCNCC(C)(C)S2(=O)=O)C1. The third-order valence-corrected chi connectivity index (χ3v) is 6.86. The number of piperidine rings is 1. The molecule has 5 nitrogen and oxygen atoms in total. The van der Waals surface area contributed by atoms with Crippen LogP contribution in [0.2, 0.25) is 0 Å². The Kier molecular flexibility index (Phi) is 4.55. The molecule has 2 heterocycles. The zero-order valence-electron chi connectivity index (χ0n) is 12.4. The molecule has 19 heavy (non-hydrogen) atoms. The normalized spacial score (nSPS) is 32.9. The maximum absolute atomic E-state index is 12.7. The third-order valence-electron chi connectivity index (χ3n) is 4.31. The number of hydrogen-bond donors (Lipinski definition) is 1. The van der Waals surface area contributed by atoms with Crippen molar-refractivity contribution in [1.29, 1.82) is 0 Å². The zero-order chi connectivity index (χ0) is 14.1. The van der Waals surface area contributed by atoms with Crippen molar-refractivity contribution in [3.63, 3.8) is 0 Å². The van der Waals surface area contributed by atoms with E-state index in [9.17, 15) is 8.42 Å². The minimum Gasteiger partial charge on any atom is -0.314 e. The van der Waals surface area contributed by atoms with Crippen LogP contribution in [0.25, 0.3) is 0 Å². The summed E-state index contributed by atoms with van der Waals surface area (Å²) in [5.41, 5.74) is 0. The van der Waals surface area contributed by atoms with Crippen molar-refractivity contribution in [2.45, 2.75) is 31.4 Å². The average molecular weight is 289 g/mol. The van der Waals surface area contributed by atoms with E-state index in [1.54, 1.807) is 4.31 Å². The maximum atomic E-state index is 12.7. The summed E-state index contributed by atoms with van der Waals surface area (Å²) in [6, 6.07) is 0. The van der Waals surface area contributed by atoms with Gasteiger partial charge in [0.1, 0.15) is 0 Å². The lowest BCUT2D eigenvalue weighted by Crippen LogP contribution is -2.49. The summed E-state index contributed by atoms with van der Waals surface area (Å²) >= 11 is 0. The molecule has 0 aromatic rings. The van der Waals surface area contributed by atoms with E-state index in [0.29, 0.717) is 25.6 Å². The Labute approximate surface area is 117 Å². The molecule has 1 N–H and O–H groups in total. The van der Waals surface area contributed by atoms with Gasteiger partial charge in [0.2, 0.25) is 10.0 Å². The second-order valence-electron chi connectivity index (χ2n) is 6.57. The number of sulfonamides is 1. The van der Waals surface area contributed by atoms with Crippen molar-refractivity contribution in [3.8, 4) is 0 Å². The Balaban J connectivity index is 2.09. The number of hydrogen-bond acceptors (Lipinski definition) is 4. The Bertz CT molecular complexity index is 408. The van der Waals surface area contributed by atoms with Crippen molar-refractivity contribution in [2.75, 3.05) is 46.3 Å². The summed E-state index contributed by atoms with van der Waals surface area (Å²) < 4.78 is 26.4. The van der Waals surface area contributed by atoms with Crippen LogP contribution < -0.4 is 5.32 Å². The molecule has 2 aliphatic rings. The molecule has 1 unspecified atom stereocenters. The van der Waals surface area contributed by atoms with E-state index in [4.69, 9.17) is 0 Å². The molecular weight excluding hydrogens is 262 g/mol. The van der Waals surface area contributed by atoms with Crippen LogP contribution in [0.15, 0.2) is 0 Å². The molecular formula is C13H27N3O2S. The molecule has 0 aromatic heterocycles. The number of nitrogens with zero attached hydrogens (tertiary/aromatic N) is 2. The van der Waals surface area contributed by atoms with Crippen molar-refractivity contribution in [3.05, 3.63) is 0 Å². The first-order chi connectivity index (χ1) is 8.83. The van der Waals surface area contributed by atoms with Crippen molar-refractivity contribution < 1.29 is 8.42 Å². The highest BCUT2D eigenvalue weighted by molar-refractivity contribution is 7.90. The van der Waals surface area contributed by atoms with Crippen LogP contribution >= 0.6 is 0 Å². The lowest BCUT2D eigenvalue weighted by molar-refractivity contribution is 0.186. The van der Waals surface area contributed by atoms with Gasteiger partial charge in [-0.25, -0.2) is 8.42 Å². The Morgan fingerprint density at radius 2 is 2.05 bits per heavy atom. The van der Waals surface area contributed by atoms with Crippen LogP contribution in [-0.2, 0) is 10.0 Å². The largest absolute Gasteiger partial charge is 0.314 e. The molecule has 0 radical (unpaired) electrons. The molecule has 0 aliphatic carbocycles. The summed E-state index contributed by atoms with van der Waals surface area (Å²) in [6.45, 7) is 8.36. The van der Waals surface area contributed by atoms with Gasteiger partial charge in [-0.3, -0.25) is 0 Å². The highest BCUT2D eigenvalue weighted by Gasteiger charge is 2.41. The molecule has 0 aromatic carbocycles. The molecule has 112 valence electrons. The summed E-state index contributed by atoms with van der Waals surface area (Å²) in [7, 11) is -1.08. The molecule has 0 bridgehead atoms. The summed E-state index contributed by atoms with van der Waals surface area (Å²) in [5, 5.41) is 3.24. The van der Waals surface area contributed by atoms with Gasteiger partial charge in [-0.05, 0) is 46.2 Å². The quantitative estimate of drug-likeness (QED) is 0.796. The molecule has 2 fully saturated rings. The minimum atomic E-state index is -3.20. The maximum Gasteiger partial charge on any atom is 0.220 e. The highest BCUT2D eigenvalue weighted by atomic mass is 32.2. The summed E-state index contributed by atoms with van der Waals surface area (Å²) in [4.78, 5) is 2.31. The predicted molar refractivity (Wildman–Crippen MR) is 77.7 cm³/mol. The first-order valence-electron chi connectivity index (χ1n) is 7.22. The molecule has 2 saturated heterocycles. The van der Waals surface area contributed by atoms with Gasteiger partial charge in [0, 0.05) is 32.7 Å². The fourth-order valence-corrected chi connectivity index (χ4v) is 4.78. The van der Waals surface area contributed by atoms with Crippen LogP contribution in [0.3, 0.4) is 0 Å². The molecule has 0 spiro atoms. The van der Waals surface area contributed by atoms with Crippen molar-refractivity contribution >= 4 is 10.0 Å². The Morgan fingerprint density at radius 1 is 1.32 bits per heavy atom. The molecule has 6 heteroatoms. The van der Waals surface area contributed by atoms with Crippen molar-refractivity contribution in [1.82, 2.24) is 14.5 Å². The van der Waals surface area contributed by atoms with Crippen LogP contribution in [0.5, 0.6) is 0 Å². The molecule has 0 amide bonds. The van der Waals surface area contributed by atoms with E-state index in [-0.39, 0.29) is 0 Å². The van der Waals surface area contributed by atoms with E-state index in [2.05, 4.69) is 17.3 Å². The van der Waals surface area contributed by atoms with Gasteiger partial charge in [0.05, 0.1) is 4.75 Å². The van der Waals surface area contributed by atoms with Gasteiger partial charge >= 0.3 is 0 Å². The van der Waals surface area contributed by atoms with Gasteiger partial charge < -0.3 is 10.2 Å². The van der Waals surface area contributed by atoms with Crippen LogP contribution in [-0.4, -0.2) is 68.7 Å². The zero-order valence-corrected chi connectivity index (χ0v) is 13.2. The monoisotopic (exact) mass is 289 g/mol. The lowest BCUT2D eigenvalue weighted by Gasteiger charge is -2.35. The van der Waals surface area contributed by atoms with E-state index < -0.39 is 14.8 Å². The van der Waals surface area contributed by atoms with Gasteiger partial charge in [-0.15, -0.1) is 0 Å². The number of rotatable bonds is 2. The summed E-state index contributed by atoms with van der Waals surface area (Å²) in [5.74, 6) is 0.474. The topological polar surface area (TPSA) is 52.6 Å². The van der Waals surface area contributed by atoms with Gasteiger partial charge in [0.15, 0.2) is 0 Å². The molecule has 2 aliphatic heterocycles. The fourth-order valence-electron chi connectivity index (χ4n) is 3.05.